The first-order valence-electron chi connectivity index (χ1n) is 5.60. The van der Waals surface area contributed by atoms with Gasteiger partial charge in [0.1, 0.15) is 17.8 Å². The SMILES string of the molecule is Cc1ccc(CN(C)C(=O)c2cc(C(=O)O)co2)o1. The van der Waals surface area contributed by atoms with Gasteiger partial charge in [-0.15, -0.1) is 0 Å². The summed E-state index contributed by atoms with van der Waals surface area (Å²) in [6.45, 7) is 2.10. The number of aryl methyl sites for hydroxylation is 1. The van der Waals surface area contributed by atoms with Crippen LogP contribution >= 0.6 is 0 Å². The number of carbonyl (C=O) groups excluding carboxylic acids is 1. The van der Waals surface area contributed by atoms with E-state index >= 15 is 0 Å². The fourth-order valence-corrected chi connectivity index (χ4v) is 1.62. The molecule has 19 heavy (non-hydrogen) atoms. The standard InChI is InChI=1S/C13H13NO5/c1-8-3-4-10(19-8)6-14(2)12(15)11-5-9(7-18-11)13(16)17/h3-5,7H,6H2,1-2H3,(H,16,17). The van der Waals surface area contributed by atoms with Gasteiger partial charge in [0.2, 0.25) is 0 Å². The van der Waals surface area contributed by atoms with Crippen LogP contribution in [0.3, 0.4) is 0 Å². The van der Waals surface area contributed by atoms with Crippen molar-refractivity contribution in [3.63, 3.8) is 0 Å². The van der Waals surface area contributed by atoms with E-state index in [1.807, 2.05) is 13.0 Å². The first-order chi connectivity index (χ1) is 8.97. The van der Waals surface area contributed by atoms with Crippen LogP contribution in [0.25, 0.3) is 0 Å². The smallest absolute Gasteiger partial charge is 0.338 e. The van der Waals surface area contributed by atoms with Crippen molar-refractivity contribution in [3.8, 4) is 0 Å². The molecule has 1 amide bonds. The summed E-state index contributed by atoms with van der Waals surface area (Å²) >= 11 is 0. The Balaban J connectivity index is 2.07. The highest BCUT2D eigenvalue weighted by atomic mass is 16.4. The molecule has 2 rings (SSSR count). The number of furan rings is 2. The van der Waals surface area contributed by atoms with E-state index in [1.165, 1.54) is 11.0 Å². The maximum absolute atomic E-state index is 12.0. The third kappa shape index (κ3) is 2.85. The fourth-order valence-electron chi connectivity index (χ4n) is 1.62. The Bertz CT molecular complexity index is 610. The Morgan fingerprint density at radius 3 is 2.63 bits per heavy atom. The molecule has 0 aromatic carbocycles. The molecule has 0 bridgehead atoms. The molecule has 0 atom stereocenters. The molecule has 1 N–H and O–H groups in total. The Hall–Kier alpha value is -2.50. The number of amides is 1. The largest absolute Gasteiger partial charge is 0.478 e. The lowest BCUT2D eigenvalue weighted by molar-refractivity contribution is 0.0695. The second-order valence-corrected chi connectivity index (χ2v) is 4.18. The molecule has 0 aliphatic rings. The molecule has 2 aromatic heterocycles. The zero-order valence-corrected chi connectivity index (χ0v) is 10.5. The van der Waals surface area contributed by atoms with Gasteiger partial charge < -0.3 is 18.8 Å². The number of aromatic carboxylic acids is 1. The first-order valence-corrected chi connectivity index (χ1v) is 5.60. The average molecular weight is 263 g/mol. The van der Waals surface area contributed by atoms with Crippen LogP contribution in [-0.4, -0.2) is 28.9 Å². The van der Waals surface area contributed by atoms with Crippen LogP contribution in [-0.2, 0) is 6.54 Å². The Morgan fingerprint density at radius 1 is 1.37 bits per heavy atom. The molecule has 0 aliphatic heterocycles. The van der Waals surface area contributed by atoms with Gasteiger partial charge in [-0.3, -0.25) is 4.79 Å². The van der Waals surface area contributed by atoms with E-state index in [0.717, 1.165) is 12.0 Å². The number of hydrogen-bond acceptors (Lipinski definition) is 4. The second-order valence-electron chi connectivity index (χ2n) is 4.18. The predicted molar refractivity (Wildman–Crippen MR) is 64.9 cm³/mol. The summed E-state index contributed by atoms with van der Waals surface area (Å²) < 4.78 is 10.3. The zero-order valence-electron chi connectivity index (χ0n) is 10.5. The Morgan fingerprint density at radius 2 is 2.11 bits per heavy atom. The first kappa shape index (κ1) is 12.9. The molecule has 6 heteroatoms. The van der Waals surface area contributed by atoms with Gasteiger partial charge in [-0.2, -0.15) is 0 Å². The highest BCUT2D eigenvalue weighted by molar-refractivity contribution is 5.95. The van der Waals surface area contributed by atoms with Gasteiger partial charge in [0, 0.05) is 13.1 Å². The van der Waals surface area contributed by atoms with Crippen molar-refractivity contribution >= 4 is 11.9 Å². The molecule has 2 aromatic rings. The van der Waals surface area contributed by atoms with Crippen LogP contribution in [0.4, 0.5) is 0 Å². The Kier molecular flexibility index (Phi) is 3.41. The number of carboxylic acid groups (broad SMARTS) is 1. The third-order valence-corrected chi connectivity index (χ3v) is 2.59. The molecule has 2 heterocycles. The van der Waals surface area contributed by atoms with Crippen molar-refractivity contribution in [2.75, 3.05) is 7.05 Å². The monoisotopic (exact) mass is 263 g/mol. The van der Waals surface area contributed by atoms with E-state index in [0.29, 0.717) is 5.76 Å². The van der Waals surface area contributed by atoms with Crippen molar-refractivity contribution in [1.29, 1.82) is 0 Å². The minimum absolute atomic E-state index is 0.0109. The van der Waals surface area contributed by atoms with Crippen molar-refractivity contribution in [3.05, 3.63) is 47.3 Å². The van der Waals surface area contributed by atoms with Gasteiger partial charge in [-0.05, 0) is 19.1 Å². The lowest BCUT2D eigenvalue weighted by Crippen LogP contribution is -2.25. The van der Waals surface area contributed by atoms with Crippen molar-refractivity contribution < 1.29 is 23.5 Å². The van der Waals surface area contributed by atoms with Crippen LogP contribution in [0.15, 0.2) is 33.3 Å². The van der Waals surface area contributed by atoms with Gasteiger partial charge in [-0.1, -0.05) is 0 Å². The van der Waals surface area contributed by atoms with Crippen molar-refractivity contribution in [1.82, 2.24) is 4.90 Å². The van der Waals surface area contributed by atoms with E-state index in [-0.39, 0.29) is 17.9 Å². The van der Waals surface area contributed by atoms with Crippen molar-refractivity contribution in [2.24, 2.45) is 0 Å². The summed E-state index contributed by atoms with van der Waals surface area (Å²) in [5, 5.41) is 8.76. The summed E-state index contributed by atoms with van der Waals surface area (Å²) in [6, 6.07) is 4.79. The number of carboxylic acids is 1. The molecule has 0 radical (unpaired) electrons. The van der Waals surface area contributed by atoms with Crippen molar-refractivity contribution in [2.45, 2.75) is 13.5 Å². The summed E-state index contributed by atoms with van der Waals surface area (Å²) in [4.78, 5) is 24.1. The van der Waals surface area contributed by atoms with Gasteiger partial charge in [0.05, 0.1) is 12.1 Å². The van der Waals surface area contributed by atoms with Gasteiger partial charge in [0.25, 0.3) is 5.91 Å². The van der Waals surface area contributed by atoms with E-state index < -0.39 is 11.9 Å². The molecule has 0 unspecified atom stereocenters. The van der Waals surface area contributed by atoms with Crippen LogP contribution in [0, 0.1) is 6.92 Å². The van der Waals surface area contributed by atoms with Gasteiger partial charge in [0.15, 0.2) is 5.76 Å². The number of nitrogens with zero attached hydrogens (tertiary/aromatic N) is 1. The molecule has 0 aliphatic carbocycles. The van der Waals surface area contributed by atoms with Gasteiger partial charge >= 0.3 is 5.97 Å². The molecular formula is C13H13NO5. The number of hydrogen-bond donors (Lipinski definition) is 1. The van der Waals surface area contributed by atoms with E-state index in [1.54, 1.807) is 13.1 Å². The lowest BCUT2D eigenvalue weighted by Gasteiger charge is -2.13. The molecule has 100 valence electrons. The molecule has 6 nitrogen and oxygen atoms in total. The molecule has 0 saturated heterocycles. The maximum atomic E-state index is 12.0. The maximum Gasteiger partial charge on any atom is 0.338 e. The van der Waals surface area contributed by atoms with Crippen LogP contribution in [0.5, 0.6) is 0 Å². The number of rotatable bonds is 4. The van der Waals surface area contributed by atoms with Crippen LogP contribution in [0.1, 0.15) is 32.4 Å². The molecule has 0 fully saturated rings. The van der Waals surface area contributed by atoms with E-state index in [4.69, 9.17) is 13.9 Å². The minimum Gasteiger partial charge on any atom is -0.478 e. The summed E-state index contributed by atoms with van der Waals surface area (Å²) in [5.74, 6) is -0.128. The topological polar surface area (TPSA) is 83.9 Å². The lowest BCUT2D eigenvalue weighted by atomic mass is 10.3. The van der Waals surface area contributed by atoms with E-state index in [9.17, 15) is 9.59 Å². The fraction of sp³-hybridized carbons (Fsp3) is 0.231. The number of carbonyl (C=O) groups is 2. The second kappa shape index (κ2) is 5.01. The van der Waals surface area contributed by atoms with Gasteiger partial charge in [-0.25, -0.2) is 4.79 Å². The summed E-state index contributed by atoms with van der Waals surface area (Å²) in [6.07, 6.45) is 1.04. The third-order valence-electron chi connectivity index (χ3n) is 2.59. The average Bonchev–Trinajstić information content (AvgIpc) is 2.97. The predicted octanol–water partition coefficient (Wildman–Crippen LogP) is 2.15. The van der Waals surface area contributed by atoms with Crippen LogP contribution < -0.4 is 0 Å². The van der Waals surface area contributed by atoms with E-state index in [2.05, 4.69) is 0 Å². The highest BCUT2D eigenvalue weighted by Gasteiger charge is 2.19. The molecule has 0 spiro atoms. The Labute approximate surface area is 109 Å². The summed E-state index contributed by atoms with van der Waals surface area (Å²) in [7, 11) is 1.59. The normalized spacial score (nSPS) is 10.4. The highest BCUT2D eigenvalue weighted by Crippen LogP contribution is 2.13. The minimum atomic E-state index is -1.13. The van der Waals surface area contributed by atoms with Crippen LogP contribution in [0.2, 0.25) is 0 Å². The quantitative estimate of drug-likeness (QED) is 0.913. The zero-order chi connectivity index (χ0) is 14.0. The molecule has 0 saturated carbocycles. The summed E-state index contributed by atoms with van der Waals surface area (Å²) in [5.41, 5.74) is -0.0504. The molecular weight excluding hydrogens is 250 g/mol.